The molecular weight excluding hydrogens is 198 g/mol. The minimum Gasteiger partial charge on any atom is -0.477 e. The van der Waals surface area contributed by atoms with Crippen LogP contribution in [0.5, 0.6) is 0 Å². The number of carbonyl (C=O) groups excluding carboxylic acids is 1. The summed E-state index contributed by atoms with van der Waals surface area (Å²) in [6.45, 7) is 0. The summed E-state index contributed by atoms with van der Waals surface area (Å²) in [5.74, 6) is -16.1. The number of rotatable bonds is 3. The zero-order valence-corrected chi connectivity index (χ0v) is 6.28. The van der Waals surface area contributed by atoms with Crippen molar-refractivity contribution in [3.63, 3.8) is 0 Å². The van der Waals surface area contributed by atoms with Crippen LogP contribution in [0.15, 0.2) is 0 Å². The summed E-state index contributed by atoms with van der Waals surface area (Å²) < 4.78 is 48.9. The number of hydrogen-bond acceptors (Lipinski definition) is 2. The Hall–Kier alpha value is -1.34. The maximum absolute atomic E-state index is 12.3. The predicted octanol–water partition coefficient (Wildman–Crippen LogP) is 0.0876. The third-order valence-electron chi connectivity index (χ3n) is 1.18. The molecule has 13 heavy (non-hydrogen) atoms. The van der Waals surface area contributed by atoms with Crippen LogP contribution in [0.4, 0.5) is 17.6 Å². The van der Waals surface area contributed by atoms with Gasteiger partial charge in [-0.05, 0) is 0 Å². The van der Waals surface area contributed by atoms with E-state index >= 15 is 0 Å². The summed E-state index contributed by atoms with van der Waals surface area (Å²) >= 11 is 0. The minimum absolute atomic E-state index is 0.689. The van der Waals surface area contributed by atoms with Gasteiger partial charge in [-0.2, -0.15) is 17.6 Å². The molecule has 0 aliphatic carbocycles. The van der Waals surface area contributed by atoms with Gasteiger partial charge in [0.25, 0.3) is 5.91 Å². The Morgan fingerprint density at radius 3 is 1.77 bits per heavy atom. The lowest BCUT2D eigenvalue weighted by atomic mass is 10.1. The van der Waals surface area contributed by atoms with Crippen molar-refractivity contribution in [1.82, 2.24) is 5.32 Å². The first-order valence-electron chi connectivity index (χ1n) is 2.89. The number of amides is 1. The van der Waals surface area contributed by atoms with Crippen molar-refractivity contribution in [2.45, 2.75) is 11.8 Å². The van der Waals surface area contributed by atoms with Crippen LogP contribution in [0.25, 0.3) is 0 Å². The maximum Gasteiger partial charge on any atom is 0.413 e. The molecule has 0 unspecified atom stereocenters. The fourth-order valence-corrected chi connectivity index (χ4v) is 0.434. The maximum atomic E-state index is 12.3. The quantitative estimate of drug-likeness (QED) is 0.638. The van der Waals surface area contributed by atoms with Crippen LogP contribution in [-0.4, -0.2) is 35.9 Å². The first kappa shape index (κ1) is 11.7. The molecule has 0 saturated heterocycles. The van der Waals surface area contributed by atoms with E-state index in [0.29, 0.717) is 7.05 Å². The Morgan fingerprint density at radius 2 is 1.54 bits per heavy atom. The van der Waals surface area contributed by atoms with Crippen LogP contribution in [0.3, 0.4) is 0 Å². The summed E-state index contributed by atoms with van der Waals surface area (Å²) in [6.07, 6.45) is 0. The van der Waals surface area contributed by atoms with Crippen molar-refractivity contribution < 1.29 is 32.3 Å². The zero-order valence-electron chi connectivity index (χ0n) is 6.28. The lowest BCUT2D eigenvalue weighted by Gasteiger charge is -2.20. The lowest BCUT2D eigenvalue weighted by molar-refractivity contribution is -0.222. The molecule has 76 valence electrons. The highest BCUT2D eigenvalue weighted by Crippen LogP contribution is 2.34. The largest absolute Gasteiger partial charge is 0.477 e. The molecule has 0 radical (unpaired) electrons. The summed E-state index contributed by atoms with van der Waals surface area (Å²) in [5, 5.41) is 8.95. The molecule has 0 saturated carbocycles. The SMILES string of the molecule is CNC(=O)C(F)(F)C(F)(F)C(=O)O. The van der Waals surface area contributed by atoms with Crippen molar-refractivity contribution in [2.24, 2.45) is 0 Å². The molecule has 0 fully saturated rings. The van der Waals surface area contributed by atoms with Crippen molar-refractivity contribution in [3.8, 4) is 0 Å². The molecule has 0 aromatic heterocycles. The average Bonchev–Trinajstić information content (AvgIpc) is 2.02. The first-order valence-corrected chi connectivity index (χ1v) is 2.89. The van der Waals surface area contributed by atoms with Crippen molar-refractivity contribution in [1.29, 1.82) is 0 Å². The van der Waals surface area contributed by atoms with Gasteiger partial charge in [-0.15, -0.1) is 0 Å². The summed E-state index contributed by atoms with van der Waals surface area (Å²) in [4.78, 5) is 19.9. The minimum atomic E-state index is -5.41. The molecule has 0 rings (SSSR count). The highest BCUT2D eigenvalue weighted by Gasteiger charge is 2.67. The van der Waals surface area contributed by atoms with Crippen LogP contribution < -0.4 is 5.32 Å². The van der Waals surface area contributed by atoms with Crippen molar-refractivity contribution in [3.05, 3.63) is 0 Å². The summed E-state index contributed by atoms with van der Waals surface area (Å²) in [6, 6.07) is 0. The van der Waals surface area contributed by atoms with E-state index in [1.807, 2.05) is 0 Å². The van der Waals surface area contributed by atoms with Crippen LogP contribution in [-0.2, 0) is 9.59 Å². The molecular formula is C5H5F4NO3. The predicted molar refractivity (Wildman–Crippen MR) is 31.6 cm³/mol. The molecule has 1 amide bonds. The number of carboxylic acid groups (broad SMARTS) is 1. The molecule has 0 aromatic carbocycles. The monoisotopic (exact) mass is 203 g/mol. The molecule has 0 spiro atoms. The van der Waals surface area contributed by atoms with Gasteiger partial charge in [0.2, 0.25) is 0 Å². The van der Waals surface area contributed by atoms with Gasteiger partial charge in [-0.25, -0.2) is 4.79 Å². The number of carboxylic acids is 1. The van der Waals surface area contributed by atoms with Crippen LogP contribution in [0, 0.1) is 0 Å². The van der Waals surface area contributed by atoms with Gasteiger partial charge in [0.15, 0.2) is 0 Å². The van der Waals surface area contributed by atoms with Gasteiger partial charge in [-0.1, -0.05) is 0 Å². The molecule has 0 aliphatic rings. The molecule has 2 N–H and O–H groups in total. The van der Waals surface area contributed by atoms with E-state index in [9.17, 15) is 27.2 Å². The van der Waals surface area contributed by atoms with Gasteiger partial charge in [-0.3, -0.25) is 4.79 Å². The number of aliphatic carboxylic acids is 1. The zero-order chi connectivity index (χ0) is 10.9. The fraction of sp³-hybridized carbons (Fsp3) is 0.600. The number of alkyl halides is 4. The van der Waals surface area contributed by atoms with E-state index < -0.39 is 23.7 Å². The Morgan fingerprint density at radius 1 is 1.15 bits per heavy atom. The second-order valence-corrected chi connectivity index (χ2v) is 2.03. The van der Waals surface area contributed by atoms with E-state index in [2.05, 4.69) is 0 Å². The van der Waals surface area contributed by atoms with E-state index in [-0.39, 0.29) is 0 Å². The molecule has 4 nitrogen and oxygen atoms in total. The number of halogens is 4. The first-order chi connectivity index (χ1) is 5.67. The van der Waals surface area contributed by atoms with Gasteiger partial charge >= 0.3 is 17.8 Å². The normalized spacial score (nSPS) is 12.4. The van der Waals surface area contributed by atoms with E-state index in [4.69, 9.17) is 5.11 Å². The molecule has 8 heteroatoms. The topological polar surface area (TPSA) is 66.4 Å². The van der Waals surface area contributed by atoms with Crippen molar-refractivity contribution in [2.75, 3.05) is 7.05 Å². The van der Waals surface area contributed by atoms with E-state index in [0.717, 1.165) is 0 Å². The third-order valence-corrected chi connectivity index (χ3v) is 1.18. The number of carbonyl (C=O) groups is 2. The van der Waals surface area contributed by atoms with Crippen LogP contribution in [0.2, 0.25) is 0 Å². The second-order valence-electron chi connectivity index (χ2n) is 2.03. The fourth-order valence-electron chi connectivity index (χ4n) is 0.434. The second kappa shape index (κ2) is 3.19. The molecule has 0 aromatic rings. The molecule has 0 bridgehead atoms. The third kappa shape index (κ3) is 1.70. The Labute approximate surface area is 69.5 Å². The summed E-state index contributed by atoms with van der Waals surface area (Å²) in [7, 11) is 0.689. The lowest BCUT2D eigenvalue weighted by Crippen LogP contribution is -2.55. The van der Waals surface area contributed by atoms with E-state index in [1.54, 1.807) is 0 Å². The highest BCUT2D eigenvalue weighted by molar-refractivity contribution is 5.91. The van der Waals surface area contributed by atoms with Gasteiger partial charge in [0.1, 0.15) is 0 Å². The van der Waals surface area contributed by atoms with Crippen LogP contribution >= 0.6 is 0 Å². The Kier molecular flexibility index (Phi) is 2.86. The summed E-state index contributed by atoms with van der Waals surface area (Å²) in [5.41, 5.74) is 0. The van der Waals surface area contributed by atoms with Gasteiger partial charge in [0, 0.05) is 7.05 Å². The Balaban J connectivity index is 5.02. The van der Waals surface area contributed by atoms with E-state index in [1.165, 1.54) is 5.32 Å². The highest BCUT2D eigenvalue weighted by atomic mass is 19.3. The van der Waals surface area contributed by atoms with Crippen LogP contribution in [0.1, 0.15) is 0 Å². The van der Waals surface area contributed by atoms with Crippen molar-refractivity contribution >= 4 is 11.9 Å². The molecule has 0 heterocycles. The molecule has 0 atom stereocenters. The molecule has 0 aliphatic heterocycles. The van der Waals surface area contributed by atoms with Gasteiger partial charge in [0.05, 0.1) is 0 Å². The average molecular weight is 203 g/mol. The Bertz CT molecular complexity index is 240. The standard InChI is InChI=1S/C5H5F4NO3/c1-10-2(11)4(6,7)5(8,9)3(12)13/h1H3,(H,10,11)(H,12,13). The number of nitrogens with one attached hydrogen (secondary N) is 1. The van der Waals surface area contributed by atoms with Gasteiger partial charge < -0.3 is 10.4 Å². The smallest absolute Gasteiger partial charge is 0.413 e. The number of hydrogen-bond donors (Lipinski definition) is 2.